The summed E-state index contributed by atoms with van der Waals surface area (Å²) in [5, 5.41) is 3.28. The fraction of sp³-hybridized carbons (Fsp3) is 0.350. The SMILES string of the molecule is CCNCc1ccc(C(=O)N2CCN(c3ccc(F)cc3)CC2)cc1. The van der Waals surface area contributed by atoms with Crippen LogP contribution in [0.25, 0.3) is 0 Å². The molecule has 3 rings (SSSR count). The third kappa shape index (κ3) is 4.37. The number of hydrogen-bond acceptors (Lipinski definition) is 3. The predicted molar refractivity (Wildman–Crippen MR) is 98.3 cm³/mol. The van der Waals surface area contributed by atoms with E-state index >= 15 is 0 Å². The highest BCUT2D eigenvalue weighted by atomic mass is 19.1. The van der Waals surface area contributed by atoms with Gasteiger partial charge in [-0.05, 0) is 48.5 Å². The molecule has 1 N–H and O–H groups in total. The fourth-order valence-corrected chi connectivity index (χ4v) is 3.04. The van der Waals surface area contributed by atoms with E-state index in [0.29, 0.717) is 13.1 Å². The van der Waals surface area contributed by atoms with Crippen LogP contribution in [0.4, 0.5) is 10.1 Å². The molecule has 0 atom stereocenters. The van der Waals surface area contributed by atoms with Crippen LogP contribution < -0.4 is 10.2 Å². The molecule has 0 saturated carbocycles. The standard InChI is InChI=1S/C20H24FN3O/c1-2-22-15-16-3-5-17(6-4-16)20(25)24-13-11-23(12-14-24)19-9-7-18(21)8-10-19/h3-10,22H,2,11-15H2,1H3. The molecule has 0 spiro atoms. The van der Waals surface area contributed by atoms with Crippen LogP contribution in [0.1, 0.15) is 22.8 Å². The van der Waals surface area contributed by atoms with Crippen molar-refractivity contribution in [1.82, 2.24) is 10.2 Å². The summed E-state index contributed by atoms with van der Waals surface area (Å²) >= 11 is 0. The molecule has 0 aromatic heterocycles. The summed E-state index contributed by atoms with van der Waals surface area (Å²) in [6.07, 6.45) is 0. The molecular weight excluding hydrogens is 317 g/mol. The molecule has 0 unspecified atom stereocenters. The molecule has 2 aromatic rings. The van der Waals surface area contributed by atoms with E-state index in [0.717, 1.165) is 37.4 Å². The van der Waals surface area contributed by atoms with Crippen molar-refractivity contribution in [2.45, 2.75) is 13.5 Å². The molecular formula is C20H24FN3O. The minimum absolute atomic E-state index is 0.0776. The maximum Gasteiger partial charge on any atom is 0.253 e. The molecule has 0 bridgehead atoms. The van der Waals surface area contributed by atoms with Crippen LogP contribution in [0.15, 0.2) is 48.5 Å². The summed E-state index contributed by atoms with van der Waals surface area (Å²) in [4.78, 5) is 16.7. The molecule has 2 aromatic carbocycles. The summed E-state index contributed by atoms with van der Waals surface area (Å²) < 4.78 is 13.0. The Balaban J connectivity index is 1.56. The first kappa shape index (κ1) is 17.4. The topological polar surface area (TPSA) is 35.6 Å². The number of anilines is 1. The molecule has 0 radical (unpaired) electrons. The largest absolute Gasteiger partial charge is 0.368 e. The van der Waals surface area contributed by atoms with Crippen LogP contribution in [-0.4, -0.2) is 43.5 Å². The maximum absolute atomic E-state index is 13.0. The lowest BCUT2D eigenvalue weighted by atomic mass is 10.1. The highest BCUT2D eigenvalue weighted by Gasteiger charge is 2.22. The first-order valence-electron chi connectivity index (χ1n) is 8.77. The number of halogens is 1. The average molecular weight is 341 g/mol. The van der Waals surface area contributed by atoms with Gasteiger partial charge in [-0.3, -0.25) is 4.79 Å². The number of amides is 1. The van der Waals surface area contributed by atoms with E-state index in [4.69, 9.17) is 0 Å². The molecule has 1 fully saturated rings. The Morgan fingerprint density at radius 3 is 2.24 bits per heavy atom. The van der Waals surface area contributed by atoms with E-state index in [1.165, 1.54) is 17.7 Å². The first-order valence-corrected chi connectivity index (χ1v) is 8.77. The molecule has 1 amide bonds. The molecule has 1 heterocycles. The highest BCUT2D eigenvalue weighted by Crippen LogP contribution is 2.18. The van der Waals surface area contributed by atoms with Crippen molar-refractivity contribution in [3.8, 4) is 0 Å². The van der Waals surface area contributed by atoms with Crippen LogP contribution >= 0.6 is 0 Å². The number of carbonyl (C=O) groups excluding carboxylic acids is 1. The van der Waals surface area contributed by atoms with Crippen molar-refractivity contribution in [1.29, 1.82) is 0 Å². The van der Waals surface area contributed by atoms with Crippen molar-refractivity contribution in [3.63, 3.8) is 0 Å². The minimum Gasteiger partial charge on any atom is -0.368 e. The number of nitrogens with zero attached hydrogens (tertiary/aromatic N) is 2. The fourth-order valence-electron chi connectivity index (χ4n) is 3.04. The van der Waals surface area contributed by atoms with E-state index < -0.39 is 0 Å². The molecule has 132 valence electrons. The van der Waals surface area contributed by atoms with E-state index in [1.807, 2.05) is 29.2 Å². The summed E-state index contributed by atoms with van der Waals surface area (Å²) in [5.74, 6) is -0.149. The number of piperazine rings is 1. The molecule has 1 aliphatic rings. The van der Waals surface area contributed by atoms with Gasteiger partial charge in [-0.1, -0.05) is 19.1 Å². The normalized spacial score (nSPS) is 14.6. The van der Waals surface area contributed by atoms with Crippen LogP contribution in [0.2, 0.25) is 0 Å². The molecule has 1 aliphatic heterocycles. The van der Waals surface area contributed by atoms with Gasteiger partial charge in [-0.25, -0.2) is 4.39 Å². The van der Waals surface area contributed by atoms with Crippen molar-refractivity contribution in [2.75, 3.05) is 37.6 Å². The third-order valence-electron chi connectivity index (χ3n) is 4.54. The molecule has 25 heavy (non-hydrogen) atoms. The zero-order valence-electron chi connectivity index (χ0n) is 14.5. The highest BCUT2D eigenvalue weighted by molar-refractivity contribution is 5.94. The van der Waals surface area contributed by atoms with E-state index in [-0.39, 0.29) is 11.7 Å². The third-order valence-corrected chi connectivity index (χ3v) is 4.54. The van der Waals surface area contributed by atoms with Gasteiger partial charge in [0.05, 0.1) is 0 Å². The molecule has 1 saturated heterocycles. The summed E-state index contributed by atoms with van der Waals surface area (Å²) in [5.41, 5.74) is 2.91. The molecule has 4 nitrogen and oxygen atoms in total. The summed E-state index contributed by atoms with van der Waals surface area (Å²) in [6, 6.07) is 14.3. The first-order chi connectivity index (χ1) is 12.2. The van der Waals surface area contributed by atoms with Crippen LogP contribution in [-0.2, 0) is 6.54 Å². The van der Waals surface area contributed by atoms with Crippen molar-refractivity contribution in [3.05, 3.63) is 65.5 Å². The van der Waals surface area contributed by atoms with Gasteiger partial charge >= 0.3 is 0 Å². The van der Waals surface area contributed by atoms with Gasteiger partial charge in [0.25, 0.3) is 5.91 Å². The predicted octanol–water partition coefficient (Wildman–Crippen LogP) is 2.90. The number of nitrogens with one attached hydrogen (secondary N) is 1. The van der Waals surface area contributed by atoms with Crippen molar-refractivity contribution < 1.29 is 9.18 Å². The zero-order chi connectivity index (χ0) is 17.6. The Kier molecular flexibility index (Phi) is 5.66. The Hall–Kier alpha value is -2.40. The molecule has 0 aliphatic carbocycles. The van der Waals surface area contributed by atoms with E-state index in [1.54, 1.807) is 12.1 Å². The summed E-state index contributed by atoms with van der Waals surface area (Å²) in [7, 11) is 0. The van der Waals surface area contributed by atoms with E-state index in [2.05, 4.69) is 17.1 Å². The quantitative estimate of drug-likeness (QED) is 0.908. The number of carbonyl (C=O) groups is 1. The number of hydrogen-bond donors (Lipinski definition) is 1. The van der Waals surface area contributed by atoms with Gasteiger partial charge in [0, 0.05) is 44.0 Å². The zero-order valence-corrected chi connectivity index (χ0v) is 14.5. The van der Waals surface area contributed by atoms with Gasteiger partial charge in [-0.15, -0.1) is 0 Å². The molecule has 5 heteroatoms. The van der Waals surface area contributed by atoms with Gasteiger partial charge in [0.15, 0.2) is 0 Å². The number of rotatable bonds is 5. The maximum atomic E-state index is 13.0. The average Bonchev–Trinajstić information content (AvgIpc) is 2.67. The Labute approximate surface area is 148 Å². The van der Waals surface area contributed by atoms with Crippen molar-refractivity contribution >= 4 is 11.6 Å². The van der Waals surface area contributed by atoms with Crippen LogP contribution in [0.5, 0.6) is 0 Å². The Bertz CT molecular complexity index is 692. The Morgan fingerprint density at radius 2 is 1.64 bits per heavy atom. The van der Waals surface area contributed by atoms with Gasteiger partial charge in [0.2, 0.25) is 0 Å². The second-order valence-electron chi connectivity index (χ2n) is 6.23. The van der Waals surface area contributed by atoms with Gasteiger partial charge in [0.1, 0.15) is 5.82 Å². The summed E-state index contributed by atoms with van der Waals surface area (Å²) in [6.45, 7) is 6.69. The lowest BCUT2D eigenvalue weighted by Gasteiger charge is -2.36. The van der Waals surface area contributed by atoms with Gasteiger partial charge < -0.3 is 15.1 Å². The van der Waals surface area contributed by atoms with Crippen LogP contribution in [0.3, 0.4) is 0 Å². The minimum atomic E-state index is -0.227. The second-order valence-corrected chi connectivity index (χ2v) is 6.23. The lowest BCUT2D eigenvalue weighted by Crippen LogP contribution is -2.48. The lowest BCUT2D eigenvalue weighted by molar-refractivity contribution is 0.0747. The number of benzene rings is 2. The van der Waals surface area contributed by atoms with Gasteiger partial charge in [-0.2, -0.15) is 0 Å². The van der Waals surface area contributed by atoms with Crippen LogP contribution in [0, 0.1) is 5.82 Å². The van der Waals surface area contributed by atoms with Crippen molar-refractivity contribution in [2.24, 2.45) is 0 Å². The second kappa shape index (κ2) is 8.12. The smallest absolute Gasteiger partial charge is 0.253 e. The monoisotopic (exact) mass is 341 g/mol. The van der Waals surface area contributed by atoms with E-state index in [9.17, 15) is 9.18 Å². The Morgan fingerprint density at radius 1 is 1.00 bits per heavy atom.